The lowest BCUT2D eigenvalue weighted by molar-refractivity contribution is 0.526. The lowest BCUT2D eigenvalue weighted by atomic mass is 10.2. The molecule has 0 amide bonds. The largest absolute Gasteiger partial charge is 0.317 e. The Morgan fingerprint density at radius 1 is 1.22 bits per heavy atom. The van der Waals surface area contributed by atoms with Gasteiger partial charge in [-0.2, -0.15) is 0 Å². The van der Waals surface area contributed by atoms with Crippen molar-refractivity contribution in [1.82, 2.24) is 10.0 Å². The van der Waals surface area contributed by atoms with Gasteiger partial charge in [0.15, 0.2) is 0 Å². The lowest BCUT2D eigenvalue weighted by Gasteiger charge is -2.13. The normalized spacial score (nSPS) is 17.9. The Hall–Kier alpha value is -0.130. The molecule has 0 saturated heterocycles. The Morgan fingerprint density at radius 3 is 2.56 bits per heavy atom. The molecule has 1 unspecified atom stereocenters. The van der Waals surface area contributed by atoms with Crippen molar-refractivity contribution in [1.29, 1.82) is 0 Å². The zero-order valence-corrected chi connectivity index (χ0v) is 12.6. The number of nitrogens with one attached hydrogen (secondary N) is 2. The second-order valence-electron chi connectivity index (χ2n) is 5.47. The molecule has 0 spiro atoms. The van der Waals surface area contributed by atoms with Crippen molar-refractivity contribution in [2.45, 2.75) is 58.4 Å². The lowest BCUT2D eigenvalue weighted by Crippen LogP contribution is -2.34. The molecule has 108 valence electrons. The van der Waals surface area contributed by atoms with Crippen LogP contribution < -0.4 is 10.0 Å². The summed E-state index contributed by atoms with van der Waals surface area (Å²) in [6.07, 6.45) is 6.33. The zero-order valence-electron chi connectivity index (χ0n) is 11.7. The van der Waals surface area contributed by atoms with E-state index in [-0.39, 0.29) is 11.8 Å². The molecule has 1 aliphatic carbocycles. The summed E-state index contributed by atoms with van der Waals surface area (Å²) in [6.45, 7) is 6.03. The van der Waals surface area contributed by atoms with Crippen LogP contribution in [0.25, 0.3) is 0 Å². The Labute approximate surface area is 112 Å². The number of hydrogen-bond acceptors (Lipinski definition) is 3. The first-order chi connectivity index (χ1) is 8.53. The molecule has 1 aliphatic rings. The van der Waals surface area contributed by atoms with Crippen LogP contribution in [0.1, 0.15) is 52.4 Å². The van der Waals surface area contributed by atoms with E-state index in [4.69, 9.17) is 0 Å². The van der Waals surface area contributed by atoms with Gasteiger partial charge in [-0.25, -0.2) is 13.1 Å². The van der Waals surface area contributed by atoms with Gasteiger partial charge in [0.25, 0.3) is 0 Å². The smallest absolute Gasteiger partial charge is 0.211 e. The third-order valence-corrected chi connectivity index (χ3v) is 4.80. The van der Waals surface area contributed by atoms with Gasteiger partial charge in [-0.3, -0.25) is 0 Å². The van der Waals surface area contributed by atoms with Gasteiger partial charge < -0.3 is 5.32 Å². The van der Waals surface area contributed by atoms with Crippen LogP contribution in [0.2, 0.25) is 0 Å². The van der Waals surface area contributed by atoms with E-state index in [2.05, 4.69) is 17.0 Å². The minimum atomic E-state index is -3.07. The van der Waals surface area contributed by atoms with Crippen LogP contribution in [-0.2, 0) is 10.0 Å². The predicted molar refractivity (Wildman–Crippen MR) is 76.1 cm³/mol. The highest BCUT2D eigenvalue weighted by molar-refractivity contribution is 7.89. The Morgan fingerprint density at radius 2 is 1.94 bits per heavy atom. The predicted octanol–water partition coefficient (Wildman–Crippen LogP) is 1.87. The van der Waals surface area contributed by atoms with Crippen molar-refractivity contribution >= 4 is 10.0 Å². The molecular formula is C13H28N2O2S. The molecule has 5 heteroatoms. The summed E-state index contributed by atoms with van der Waals surface area (Å²) in [5.41, 5.74) is 0. The van der Waals surface area contributed by atoms with Gasteiger partial charge in [-0.1, -0.05) is 19.8 Å². The van der Waals surface area contributed by atoms with Crippen LogP contribution in [0.5, 0.6) is 0 Å². The van der Waals surface area contributed by atoms with Gasteiger partial charge in [-0.05, 0) is 51.6 Å². The Balaban J connectivity index is 2.06. The van der Waals surface area contributed by atoms with E-state index in [0.29, 0.717) is 0 Å². The summed E-state index contributed by atoms with van der Waals surface area (Å²) >= 11 is 0. The second kappa shape index (κ2) is 8.12. The second-order valence-corrected chi connectivity index (χ2v) is 7.35. The standard InChI is InChI=1S/C13H28N2O2S/c1-3-8-14-9-4-5-10-18(16,17)15-12(2)11-13-6-7-13/h12-15H,3-11H2,1-2H3. The minimum Gasteiger partial charge on any atom is -0.317 e. The summed E-state index contributed by atoms with van der Waals surface area (Å²) in [4.78, 5) is 0. The average Bonchev–Trinajstić information content (AvgIpc) is 3.06. The Kier molecular flexibility index (Phi) is 7.19. The molecule has 1 atom stereocenters. The van der Waals surface area contributed by atoms with E-state index in [1.54, 1.807) is 0 Å². The number of sulfonamides is 1. The molecule has 1 saturated carbocycles. The van der Waals surface area contributed by atoms with Crippen molar-refractivity contribution in [3.8, 4) is 0 Å². The molecule has 18 heavy (non-hydrogen) atoms. The molecule has 0 bridgehead atoms. The van der Waals surface area contributed by atoms with E-state index in [0.717, 1.165) is 44.7 Å². The summed E-state index contributed by atoms with van der Waals surface area (Å²) in [6, 6.07) is 0.0979. The van der Waals surface area contributed by atoms with Gasteiger partial charge in [0.2, 0.25) is 10.0 Å². The molecule has 1 rings (SSSR count). The molecule has 0 radical (unpaired) electrons. The van der Waals surface area contributed by atoms with Crippen molar-refractivity contribution < 1.29 is 8.42 Å². The van der Waals surface area contributed by atoms with Crippen molar-refractivity contribution in [3.63, 3.8) is 0 Å². The van der Waals surface area contributed by atoms with Gasteiger partial charge in [0.1, 0.15) is 0 Å². The van der Waals surface area contributed by atoms with Crippen LogP contribution in [0.15, 0.2) is 0 Å². The third-order valence-electron chi connectivity index (χ3n) is 3.21. The van der Waals surface area contributed by atoms with Gasteiger partial charge in [0.05, 0.1) is 5.75 Å². The summed E-state index contributed by atoms with van der Waals surface area (Å²) in [5, 5.41) is 3.28. The number of unbranched alkanes of at least 4 members (excludes halogenated alkanes) is 1. The molecule has 0 aromatic carbocycles. The van der Waals surface area contributed by atoms with Crippen LogP contribution in [0.4, 0.5) is 0 Å². The SMILES string of the molecule is CCCNCCCCS(=O)(=O)NC(C)CC1CC1. The maximum absolute atomic E-state index is 11.8. The minimum absolute atomic E-state index is 0.0979. The summed E-state index contributed by atoms with van der Waals surface area (Å²) in [7, 11) is -3.07. The highest BCUT2D eigenvalue weighted by atomic mass is 32.2. The molecule has 0 heterocycles. The molecule has 0 aliphatic heterocycles. The Bertz CT molecular complexity index is 313. The summed E-state index contributed by atoms with van der Waals surface area (Å²) < 4.78 is 26.4. The average molecular weight is 276 g/mol. The zero-order chi connectivity index (χ0) is 13.4. The fraction of sp³-hybridized carbons (Fsp3) is 1.00. The molecular weight excluding hydrogens is 248 g/mol. The van der Waals surface area contributed by atoms with E-state index in [9.17, 15) is 8.42 Å². The quantitative estimate of drug-likeness (QED) is 0.566. The topological polar surface area (TPSA) is 58.2 Å². The van der Waals surface area contributed by atoms with E-state index in [1.165, 1.54) is 12.8 Å². The molecule has 0 aromatic heterocycles. The van der Waals surface area contributed by atoms with Gasteiger partial charge in [0, 0.05) is 6.04 Å². The van der Waals surface area contributed by atoms with E-state index >= 15 is 0 Å². The first-order valence-electron chi connectivity index (χ1n) is 7.24. The monoisotopic (exact) mass is 276 g/mol. The van der Waals surface area contributed by atoms with Crippen molar-refractivity contribution in [2.75, 3.05) is 18.8 Å². The first-order valence-corrected chi connectivity index (χ1v) is 8.89. The van der Waals surface area contributed by atoms with Crippen LogP contribution in [-0.4, -0.2) is 33.3 Å². The number of rotatable bonds is 11. The first kappa shape index (κ1) is 15.9. The molecule has 1 fully saturated rings. The van der Waals surface area contributed by atoms with Crippen molar-refractivity contribution in [3.05, 3.63) is 0 Å². The highest BCUT2D eigenvalue weighted by Crippen LogP contribution is 2.33. The fourth-order valence-corrected chi connectivity index (χ4v) is 3.52. The third kappa shape index (κ3) is 8.06. The molecule has 0 aromatic rings. The van der Waals surface area contributed by atoms with E-state index in [1.807, 2.05) is 6.92 Å². The van der Waals surface area contributed by atoms with Crippen LogP contribution >= 0.6 is 0 Å². The van der Waals surface area contributed by atoms with Crippen LogP contribution in [0, 0.1) is 5.92 Å². The molecule has 4 nitrogen and oxygen atoms in total. The number of hydrogen-bond donors (Lipinski definition) is 2. The summed E-state index contributed by atoms with van der Waals surface area (Å²) in [5.74, 6) is 1.02. The van der Waals surface area contributed by atoms with Crippen LogP contribution in [0.3, 0.4) is 0 Å². The van der Waals surface area contributed by atoms with E-state index < -0.39 is 10.0 Å². The van der Waals surface area contributed by atoms with Crippen molar-refractivity contribution in [2.24, 2.45) is 5.92 Å². The highest BCUT2D eigenvalue weighted by Gasteiger charge is 2.25. The fourth-order valence-electron chi connectivity index (χ4n) is 2.11. The molecule has 2 N–H and O–H groups in total. The van der Waals surface area contributed by atoms with Gasteiger partial charge in [-0.15, -0.1) is 0 Å². The van der Waals surface area contributed by atoms with Gasteiger partial charge >= 0.3 is 0 Å². The maximum atomic E-state index is 11.8. The maximum Gasteiger partial charge on any atom is 0.211 e.